The van der Waals surface area contributed by atoms with Crippen LogP contribution in [0.3, 0.4) is 0 Å². The number of benzene rings is 1. The van der Waals surface area contributed by atoms with Crippen molar-refractivity contribution in [3.63, 3.8) is 0 Å². The van der Waals surface area contributed by atoms with Gasteiger partial charge >= 0.3 is 0 Å². The van der Waals surface area contributed by atoms with Crippen LogP contribution < -0.4 is 17.0 Å². The van der Waals surface area contributed by atoms with Crippen molar-refractivity contribution in [2.75, 3.05) is 11.5 Å². The van der Waals surface area contributed by atoms with Crippen molar-refractivity contribution in [1.29, 1.82) is 5.26 Å². The molecule has 4 N–H and O–H groups in total. The van der Waals surface area contributed by atoms with Crippen LogP contribution in [0.15, 0.2) is 52.1 Å². The molecule has 0 spiro atoms. The Morgan fingerprint density at radius 1 is 1.31 bits per heavy atom. The molecular weight excluding hydrogens is 394 g/mol. The molecule has 4 rings (SSSR count). The highest BCUT2D eigenvalue weighted by molar-refractivity contribution is 6.35. The lowest BCUT2D eigenvalue weighted by atomic mass is 10.1. The fourth-order valence-electron chi connectivity index (χ4n) is 2.70. The van der Waals surface area contributed by atoms with E-state index in [1.165, 1.54) is 17.0 Å². The van der Waals surface area contributed by atoms with Crippen LogP contribution in [0.25, 0.3) is 16.6 Å². The second-order valence-electron chi connectivity index (χ2n) is 5.83. The number of rotatable bonds is 2. The molecule has 3 aromatic heterocycles. The average Bonchev–Trinajstić information content (AvgIpc) is 3.22. The summed E-state index contributed by atoms with van der Waals surface area (Å²) < 4.78 is 6.36. The first-order valence-electron chi connectivity index (χ1n) is 8.48. The zero-order valence-corrected chi connectivity index (χ0v) is 16.1. The van der Waals surface area contributed by atoms with Crippen LogP contribution in [0, 0.1) is 11.3 Å². The van der Waals surface area contributed by atoms with E-state index in [1.54, 1.807) is 12.1 Å². The first-order valence-corrected chi connectivity index (χ1v) is 8.86. The van der Waals surface area contributed by atoms with Gasteiger partial charge in [0, 0.05) is 11.8 Å². The maximum atomic E-state index is 12.6. The molecule has 0 amide bonds. The molecular formula is C19H16ClN7O2. The Bertz CT molecular complexity index is 1260. The van der Waals surface area contributed by atoms with E-state index in [9.17, 15) is 4.79 Å². The molecule has 0 unspecified atom stereocenters. The van der Waals surface area contributed by atoms with Gasteiger partial charge in [-0.3, -0.25) is 9.36 Å². The van der Waals surface area contributed by atoms with Crippen molar-refractivity contribution < 1.29 is 4.52 Å². The van der Waals surface area contributed by atoms with Gasteiger partial charge in [0.15, 0.2) is 5.82 Å². The first kappa shape index (κ1) is 19.9. The smallest absolute Gasteiger partial charge is 0.265 e. The van der Waals surface area contributed by atoms with Gasteiger partial charge in [-0.2, -0.15) is 10.2 Å². The van der Waals surface area contributed by atoms with Crippen LogP contribution in [0.1, 0.15) is 18.2 Å². The molecule has 146 valence electrons. The van der Waals surface area contributed by atoms with Gasteiger partial charge in [0.25, 0.3) is 5.56 Å². The van der Waals surface area contributed by atoms with Crippen molar-refractivity contribution >= 4 is 34.1 Å². The molecule has 9 nitrogen and oxygen atoms in total. The van der Waals surface area contributed by atoms with Gasteiger partial charge in [0.05, 0.1) is 16.6 Å². The van der Waals surface area contributed by atoms with Crippen LogP contribution in [-0.4, -0.2) is 19.7 Å². The molecule has 0 atom stereocenters. The minimum absolute atomic E-state index is 0.0801. The van der Waals surface area contributed by atoms with Crippen LogP contribution in [0.5, 0.6) is 0 Å². The van der Waals surface area contributed by atoms with Gasteiger partial charge in [-0.05, 0) is 23.9 Å². The van der Waals surface area contributed by atoms with Crippen LogP contribution in [0.2, 0.25) is 5.02 Å². The minimum atomic E-state index is -0.172. The van der Waals surface area contributed by atoms with Crippen molar-refractivity contribution in [3.8, 4) is 11.9 Å². The highest BCUT2D eigenvalue weighted by atomic mass is 35.5. The van der Waals surface area contributed by atoms with E-state index in [4.69, 9.17) is 32.9 Å². The molecule has 3 heterocycles. The highest BCUT2D eigenvalue weighted by Gasteiger charge is 2.13. The van der Waals surface area contributed by atoms with Crippen molar-refractivity contribution in [3.05, 3.63) is 69.4 Å². The SMILES string of the molecule is CCc1cc2cccc(Cl)c2c(=O)n1-c1ccon1.N#Cc1cnc(N)nc1N. The van der Waals surface area contributed by atoms with Gasteiger partial charge in [0.1, 0.15) is 23.7 Å². The molecule has 1 aromatic carbocycles. The second kappa shape index (κ2) is 8.41. The third-order valence-corrected chi connectivity index (χ3v) is 4.36. The summed E-state index contributed by atoms with van der Waals surface area (Å²) in [6, 6.07) is 10.9. The zero-order valence-electron chi connectivity index (χ0n) is 15.3. The topological polar surface area (TPSA) is 150 Å². The Labute approximate surface area is 170 Å². The van der Waals surface area contributed by atoms with E-state index in [0.29, 0.717) is 22.6 Å². The summed E-state index contributed by atoms with van der Waals surface area (Å²) >= 11 is 6.13. The number of aryl methyl sites for hydroxylation is 1. The Kier molecular flexibility index (Phi) is 5.76. The van der Waals surface area contributed by atoms with Gasteiger partial charge in [0.2, 0.25) is 5.95 Å². The van der Waals surface area contributed by atoms with E-state index >= 15 is 0 Å². The second-order valence-corrected chi connectivity index (χ2v) is 6.24. The zero-order chi connectivity index (χ0) is 21.0. The van der Waals surface area contributed by atoms with E-state index < -0.39 is 0 Å². The number of anilines is 2. The standard InChI is InChI=1S/C14H11ClN2O2.C5H5N5/c1-2-10-8-9-4-3-5-11(15)13(9)14(18)17(10)12-6-7-19-16-12;6-1-3-2-9-5(8)10-4(3)7/h3-8H,2H2,1H3;2H,(H4,7,8,9,10). The number of fused-ring (bicyclic) bond motifs is 1. The minimum Gasteiger partial charge on any atom is -0.382 e. The van der Waals surface area contributed by atoms with E-state index in [-0.39, 0.29) is 22.9 Å². The number of nitrogen functional groups attached to an aromatic ring is 2. The number of halogens is 1. The molecule has 0 saturated carbocycles. The summed E-state index contributed by atoms with van der Waals surface area (Å²) in [6.07, 6.45) is 3.44. The predicted octanol–water partition coefficient (Wildman–Crippen LogP) is 2.71. The molecule has 0 aliphatic heterocycles. The van der Waals surface area contributed by atoms with E-state index in [0.717, 1.165) is 11.1 Å². The fourth-order valence-corrected chi connectivity index (χ4v) is 2.96. The molecule has 29 heavy (non-hydrogen) atoms. The quantitative estimate of drug-likeness (QED) is 0.513. The van der Waals surface area contributed by atoms with Crippen molar-refractivity contribution in [1.82, 2.24) is 19.7 Å². The monoisotopic (exact) mass is 409 g/mol. The Balaban J connectivity index is 0.000000204. The predicted molar refractivity (Wildman–Crippen MR) is 110 cm³/mol. The Morgan fingerprint density at radius 2 is 2.10 bits per heavy atom. The molecule has 0 saturated heterocycles. The van der Waals surface area contributed by atoms with E-state index in [1.807, 2.05) is 31.2 Å². The van der Waals surface area contributed by atoms with Crippen molar-refractivity contribution in [2.24, 2.45) is 0 Å². The molecule has 4 aromatic rings. The number of nitriles is 1. The van der Waals surface area contributed by atoms with E-state index in [2.05, 4.69) is 15.1 Å². The number of hydrogen-bond acceptors (Lipinski definition) is 8. The maximum Gasteiger partial charge on any atom is 0.265 e. The fraction of sp³-hybridized carbons (Fsp3) is 0.105. The van der Waals surface area contributed by atoms with Gasteiger partial charge < -0.3 is 16.0 Å². The van der Waals surface area contributed by atoms with Crippen LogP contribution in [-0.2, 0) is 6.42 Å². The summed E-state index contributed by atoms with van der Waals surface area (Å²) in [4.78, 5) is 19.8. The Hall–Kier alpha value is -3.90. The summed E-state index contributed by atoms with van der Waals surface area (Å²) in [5, 5.41) is 14.0. The average molecular weight is 410 g/mol. The number of pyridine rings is 1. The molecule has 0 fully saturated rings. The van der Waals surface area contributed by atoms with Crippen LogP contribution >= 0.6 is 11.6 Å². The van der Waals surface area contributed by atoms with Gasteiger partial charge in [-0.1, -0.05) is 35.8 Å². The number of aromatic nitrogens is 4. The van der Waals surface area contributed by atoms with Crippen molar-refractivity contribution in [2.45, 2.75) is 13.3 Å². The third kappa shape index (κ3) is 4.02. The molecule has 0 aliphatic carbocycles. The lowest BCUT2D eigenvalue weighted by Crippen LogP contribution is -2.22. The lowest BCUT2D eigenvalue weighted by molar-refractivity contribution is 0.416. The molecule has 0 radical (unpaired) electrons. The first-order chi connectivity index (χ1) is 14.0. The maximum absolute atomic E-state index is 12.6. The lowest BCUT2D eigenvalue weighted by Gasteiger charge is -2.11. The third-order valence-electron chi connectivity index (χ3n) is 4.04. The largest absolute Gasteiger partial charge is 0.382 e. The summed E-state index contributed by atoms with van der Waals surface area (Å²) in [6.45, 7) is 1.99. The highest BCUT2D eigenvalue weighted by Crippen LogP contribution is 2.22. The molecule has 0 aliphatic rings. The number of nitrogens with two attached hydrogens (primary N) is 2. The summed E-state index contributed by atoms with van der Waals surface area (Å²) in [5.74, 6) is 0.676. The molecule has 10 heteroatoms. The normalized spacial score (nSPS) is 10.2. The Morgan fingerprint density at radius 3 is 2.72 bits per heavy atom. The number of nitrogens with zero attached hydrogens (tertiary/aromatic N) is 5. The molecule has 0 bridgehead atoms. The summed E-state index contributed by atoms with van der Waals surface area (Å²) in [5.41, 5.74) is 11.4. The van der Waals surface area contributed by atoms with Gasteiger partial charge in [-0.15, -0.1) is 0 Å². The van der Waals surface area contributed by atoms with Crippen LogP contribution in [0.4, 0.5) is 11.8 Å². The van der Waals surface area contributed by atoms with Gasteiger partial charge in [-0.25, -0.2) is 4.98 Å². The summed E-state index contributed by atoms with van der Waals surface area (Å²) in [7, 11) is 0. The number of hydrogen-bond donors (Lipinski definition) is 2.